The maximum absolute atomic E-state index is 15.0. The van der Waals surface area contributed by atoms with Crippen molar-refractivity contribution in [2.45, 2.75) is 115 Å². The Balaban J connectivity index is 0. The molecule has 17 heteroatoms. The van der Waals surface area contributed by atoms with E-state index in [2.05, 4.69) is 26.1 Å². The van der Waals surface area contributed by atoms with Crippen molar-refractivity contribution in [2.24, 2.45) is 0 Å². The normalized spacial score (nSPS) is 14.5. The van der Waals surface area contributed by atoms with Gasteiger partial charge in [-0.25, -0.2) is 17.6 Å². The van der Waals surface area contributed by atoms with E-state index in [-0.39, 0.29) is 59.7 Å². The average molecular weight is 931 g/mol. The molecular weight excluding hydrogens is 888 g/mol. The fraction of sp³-hybridized carbons (Fsp3) is 0.828. The Morgan fingerprint density at radius 3 is 1.87 bits per heavy atom. The smallest absolute Gasteiger partial charge is 0.384 e. The zero-order chi connectivity index (χ0) is 35.4. The number of alkyl halides is 8. The van der Waals surface area contributed by atoms with Gasteiger partial charge in [0.2, 0.25) is 0 Å². The van der Waals surface area contributed by atoms with Crippen LogP contribution in [0.4, 0.5) is 39.5 Å². The Morgan fingerprint density at radius 1 is 0.761 bits per heavy atom. The zero-order valence-corrected chi connectivity index (χ0v) is 29.0. The van der Waals surface area contributed by atoms with Crippen LogP contribution in [0.5, 0.6) is 0 Å². The molecule has 0 aliphatic rings. The molecule has 0 amide bonds. The fourth-order valence-electron chi connectivity index (χ4n) is 3.25. The first-order valence-electron chi connectivity index (χ1n) is 13.7. The maximum atomic E-state index is 15.0. The van der Waals surface area contributed by atoms with Crippen LogP contribution in [0.3, 0.4) is 0 Å². The van der Waals surface area contributed by atoms with E-state index in [4.69, 9.17) is 31.8 Å². The minimum atomic E-state index is -5.51. The summed E-state index contributed by atoms with van der Waals surface area (Å²) in [6, 6.07) is 0. The third kappa shape index (κ3) is 15.7. The van der Waals surface area contributed by atoms with Gasteiger partial charge in [0.05, 0.1) is 31.1 Å². The largest absolute Gasteiger partial charge is 0.454 e. The number of terminal acetylenes is 2. The molecule has 0 bridgehead atoms. The molecule has 0 heterocycles. The van der Waals surface area contributed by atoms with E-state index in [1.807, 2.05) is 0 Å². The van der Waals surface area contributed by atoms with Gasteiger partial charge in [-0.3, -0.25) is 0 Å². The van der Waals surface area contributed by atoms with E-state index >= 15 is 0 Å². The van der Waals surface area contributed by atoms with Crippen LogP contribution in [-0.2, 0) is 33.2 Å². The van der Waals surface area contributed by atoms with Gasteiger partial charge < -0.3 is 37.5 Å². The summed E-state index contributed by atoms with van der Waals surface area (Å²) < 4.78 is 163. The molecule has 0 aliphatic heterocycles. The Kier molecular flexibility index (Phi) is 17.7. The Morgan fingerprint density at radius 2 is 1.33 bits per heavy atom. The number of rotatable bonds is 24. The SMILES string of the molecule is C#CCOCCCOC(C)(C)CC(F)(F)O[C-](F)C(F)(F)OC(C)(C)C(F)(F)OC(C)(C)C(F)(F)COCCC(C)OCC#C.[Fm]. The van der Waals surface area contributed by atoms with Gasteiger partial charge >= 0.3 is 12.2 Å². The predicted octanol–water partition coefficient (Wildman–Crippen LogP) is 7.14. The first kappa shape index (κ1) is 45.3. The van der Waals surface area contributed by atoms with Crippen LogP contribution in [0.15, 0.2) is 0 Å². The van der Waals surface area contributed by atoms with Crippen molar-refractivity contribution in [1.29, 1.82) is 0 Å². The molecule has 46 heavy (non-hydrogen) atoms. The molecule has 0 aromatic rings. The molecule has 1 atom stereocenters. The Labute approximate surface area is 258 Å². The fourth-order valence-corrected chi connectivity index (χ4v) is 3.25. The zero-order valence-electron chi connectivity index (χ0n) is 26.6. The van der Waals surface area contributed by atoms with Crippen LogP contribution in [0, 0.1) is 31.0 Å². The Hall–Kier alpha value is -2.79. The first-order chi connectivity index (χ1) is 20.3. The van der Waals surface area contributed by atoms with Gasteiger partial charge in [0.1, 0.15) is 25.4 Å². The van der Waals surface area contributed by atoms with Gasteiger partial charge in [-0.1, -0.05) is 11.8 Å². The molecule has 1 unspecified atom stereocenters. The van der Waals surface area contributed by atoms with Crippen molar-refractivity contribution in [2.75, 3.05) is 39.6 Å². The first-order valence-corrected chi connectivity index (χ1v) is 13.7. The predicted molar refractivity (Wildman–Crippen MR) is 144 cm³/mol. The quantitative estimate of drug-likeness (QED) is 0.0442. The standard InChI is InChI=1S/C29H42F9O7.Fm/c1-10-14-39-16-12-17-42-23(4,5)19-27(33,34)43-22(30)28(35,36)44-25(8,9)29(37,38)45-24(6,7)26(31,32)20-40-18-13-21(3)41-15-11-2;/h1-2,21H,12-20H2,3-9H3;/q-1;. The number of ether oxygens (including phenoxy) is 7. The molecule has 0 aromatic heterocycles. The second kappa shape index (κ2) is 17.9. The molecule has 0 spiro atoms. The average Bonchev–Trinajstić information content (AvgIpc) is 2.85. The van der Waals surface area contributed by atoms with E-state index in [0.717, 1.165) is 13.8 Å². The van der Waals surface area contributed by atoms with Crippen LogP contribution in [0.25, 0.3) is 0 Å². The second-order valence-corrected chi connectivity index (χ2v) is 11.5. The van der Waals surface area contributed by atoms with E-state index < -0.39 is 66.5 Å². The van der Waals surface area contributed by atoms with Gasteiger partial charge in [-0.2, -0.15) is 17.6 Å². The second-order valence-electron chi connectivity index (χ2n) is 11.5. The van der Waals surface area contributed by atoms with E-state index in [1.165, 1.54) is 0 Å². The summed E-state index contributed by atoms with van der Waals surface area (Å²) in [5, 5.41) is 0. The molecule has 0 N–H and O–H groups in total. The molecule has 0 saturated heterocycles. The number of halogens is 9. The monoisotopic (exact) mass is 930 g/mol. The molecular formula is C29H42F9FmO7-. The van der Waals surface area contributed by atoms with Crippen molar-refractivity contribution < 1.29 is 72.7 Å². The molecule has 0 saturated carbocycles. The van der Waals surface area contributed by atoms with Crippen molar-refractivity contribution in [3.05, 3.63) is 6.36 Å². The molecule has 7 nitrogen and oxygen atoms in total. The van der Waals surface area contributed by atoms with Crippen molar-refractivity contribution in [3.8, 4) is 24.7 Å². The minimum Gasteiger partial charge on any atom is -0.454 e. The van der Waals surface area contributed by atoms with Crippen molar-refractivity contribution in [1.82, 2.24) is 0 Å². The summed E-state index contributed by atoms with van der Waals surface area (Å²) in [7, 11) is 0. The van der Waals surface area contributed by atoms with Crippen molar-refractivity contribution >= 4 is 0 Å². The summed E-state index contributed by atoms with van der Waals surface area (Å²) in [5.41, 5.74) is -8.38. The molecule has 276 valence electrons. The van der Waals surface area contributed by atoms with Gasteiger partial charge in [0, 0.05) is 13.2 Å². The van der Waals surface area contributed by atoms with Crippen LogP contribution in [0.1, 0.15) is 67.7 Å². The van der Waals surface area contributed by atoms with E-state index in [0.29, 0.717) is 13.8 Å². The molecule has 0 aliphatic carbocycles. The number of hydrogen-bond acceptors (Lipinski definition) is 7. The van der Waals surface area contributed by atoms with Crippen LogP contribution in [0.2, 0.25) is 0 Å². The molecule has 0 radical (unpaired) electrons. The summed E-state index contributed by atoms with van der Waals surface area (Å²) in [4.78, 5) is 0. The third-order valence-corrected chi connectivity index (χ3v) is 5.96. The van der Waals surface area contributed by atoms with Crippen LogP contribution < -0.4 is 0 Å². The number of hydrogen-bond donors (Lipinski definition) is 0. The molecule has 0 aromatic carbocycles. The molecule has 0 rings (SSSR count). The summed E-state index contributed by atoms with van der Waals surface area (Å²) in [6.07, 6.45) is -9.88. The summed E-state index contributed by atoms with van der Waals surface area (Å²) in [5.74, 6) is 0.305. The Bertz CT molecular complexity index is 968. The van der Waals surface area contributed by atoms with Gasteiger partial charge in [0.25, 0.3) is 12.0 Å². The maximum Gasteiger partial charge on any atom is 0.384 e. The molecule has 0 fully saturated rings. The van der Waals surface area contributed by atoms with Gasteiger partial charge in [-0.05, 0) is 61.3 Å². The van der Waals surface area contributed by atoms with Gasteiger partial charge in [-0.15, -0.1) is 12.8 Å². The van der Waals surface area contributed by atoms with Crippen molar-refractivity contribution in [3.63, 3.8) is 0 Å². The minimum absolute atomic E-state index is 0. The van der Waals surface area contributed by atoms with Gasteiger partial charge in [0.15, 0.2) is 5.60 Å². The summed E-state index contributed by atoms with van der Waals surface area (Å²) in [6.45, 7) is 3.73. The topological polar surface area (TPSA) is 64.6 Å². The van der Waals surface area contributed by atoms with Crippen LogP contribution in [-0.4, -0.2) is 86.8 Å². The van der Waals surface area contributed by atoms with E-state index in [1.54, 1.807) is 6.92 Å². The van der Waals surface area contributed by atoms with E-state index in [9.17, 15) is 39.5 Å². The summed E-state index contributed by atoms with van der Waals surface area (Å²) >= 11 is 0. The third-order valence-electron chi connectivity index (χ3n) is 5.96. The van der Waals surface area contributed by atoms with Crippen LogP contribution >= 0.6 is 0 Å².